The van der Waals surface area contributed by atoms with Crippen LogP contribution >= 0.6 is 0 Å². The summed E-state index contributed by atoms with van der Waals surface area (Å²) in [5.41, 5.74) is 1.73. The number of ether oxygens (including phenoxy) is 1. The van der Waals surface area contributed by atoms with E-state index in [9.17, 15) is 13.2 Å². The molecule has 1 saturated heterocycles. The molecule has 3 rings (SSSR count). The zero-order valence-corrected chi connectivity index (χ0v) is 14.7. The second-order valence-electron chi connectivity index (χ2n) is 6.86. The normalized spacial score (nSPS) is 23.9. The van der Waals surface area contributed by atoms with Crippen molar-refractivity contribution in [3.63, 3.8) is 0 Å². The van der Waals surface area contributed by atoms with Gasteiger partial charge in [0.05, 0.1) is 30.1 Å². The minimum atomic E-state index is -3.04. The molecule has 2 aliphatic rings. The van der Waals surface area contributed by atoms with E-state index in [1.807, 2.05) is 24.3 Å². The fourth-order valence-electron chi connectivity index (χ4n) is 3.43. The lowest BCUT2D eigenvalue weighted by atomic mass is 9.98. The molecule has 1 unspecified atom stereocenters. The van der Waals surface area contributed by atoms with Crippen LogP contribution in [0, 0.1) is 5.92 Å². The van der Waals surface area contributed by atoms with Gasteiger partial charge in [0.1, 0.15) is 0 Å². The second kappa shape index (κ2) is 7.66. The third-order valence-corrected chi connectivity index (χ3v) is 6.60. The first-order valence-corrected chi connectivity index (χ1v) is 10.6. The number of rotatable bonds is 5. The molecule has 1 aromatic rings. The van der Waals surface area contributed by atoms with E-state index >= 15 is 0 Å². The van der Waals surface area contributed by atoms with Gasteiger partial charge in [0, 0.05) is 5.69 Å². The highest BCUT2D eigenvalue weighted by atomic mass is 32.2. The van der Waals surface area contributed by atoms with E-state index in [-0.39, 0.29) is 17.4 Å². The van der Waals surface area contributed by atoms with E-state index < -0.39 is 15.8 Å². The molecule has 6 heteroatoms. The lowest BCUT2D eigenvalue weighted by Crippen LogP contribution is -2.23. The molecule has 24 heavy (non-hydrogen) atoms. The summed E-state index contributed by atoms with van der Waals surface area (Å²) in [7, 11) is -3.04. The van der Waals surface area contributed by atoms with Crippen molar-refractivity contribution in [1.29, 1.82) is 0 Å². The van der Waals surface area contributed by atoms with Crippen LogP contribution in [0.2, 0.25) is 0 Å². The lowest BCUT2D eigenvalue weighted by molar-refractivity contribution is -0.119. The van der Waals surface area contributed by atoms with Gasteiger partial charge in [0.15, 0.2) is 9.84 Å². The largest absolute Gasteiger partial charge is 0.374 e. The Balaban J connectivity index is 1.54. The van der Waals surface area contributed by atoms with Crippen molar-refractivity contribution in [2.45, 2.75) is 51.2 Å². The number of hydrogen-bond acceptors (Lipinski definition) is 4. The maximum absolute atomic E-state index is 12.2. The Bertz CT molecular complexity index is 680. The van der Waals surface area contributed by atoms with Gasteiger partial charge in [-0.25, -0.2) is 8.42 Å². The molecule has 0 bridgehead atoms. The van der Waals surface area contributed by atoms with Gasteiger partial charge in [0.25, 0.3) is 0 Å². The van der Waals surface area contributed by atoms with Crippen molar-refractivity contribution in [2.75, 3.05) is 16.8 Å². The van der Waals surface area contributed by atoms with Crippen LogP contribution in [0.1, 0.15) is 44.1 Å². The van der Waals surface area contributed by atoms with Crippen LogP contribution < -0.4 is 5.32 Å². The lowest BCUT2D eigenvalue weighted by Gasteiger charge is -2.22. The molecule has 1 saturated carbocycles. The molecule has 1 aromatic carbocycles. The van der Waals surface area contributed by atoms with Crippen molar-refractivity contribution in [3.8, 4) is 0 Å². The summed E-state index contributed by atoms with van der Waals surface area (Å²) < 4.78 is 28.9. The van der Waals surface area contributed by atoms with Gasteiger partial charge in [-0.1, -0.05) is 31.4 Å². The average Bonchev–Trinajstić information content (AvgIpc) is 2.94. The van der Waals surface area contributed by atoms with Crippen LogP contribution in [0.15, 0.2) is 24.3 Å². The third kappa shape index (κ3) is 4.80. The standard InChI is InChI=1S/C18H25NO4S/c20-18(15-9-10-24(21,22)13-15)19-16-6-4-5-14(11-16)12-23-17-7-2-1-3-8-17/h4-6,11,15,17H,1-3,7-10,12-13H2,(H,19,20). The van der Waals surface area contributed by atoms with Crippen LogP contribution in [-0.4, -0.2) is 31.9 Å². The summed E-state index contributed by atoms with van der Waals surface area (Å²) in [6.45, 7) is 0.548. The Kier molecular flexibility index (Phi) is 5.56. The second-order valence-corrected chi connectivity index (χ2v) is 9.09. The average molecular weight is 351 g/mol. The van der Waals surface area contributed by atoms with Crippen molar-refractivity contribution in [1.82, 2.24) is 0 Å². The zero-order chi connectivity index (χ0) is 17.0. The number of benzene rings is 1. The smallest absolute Gasteiger partial charge is 0.228 e. The van der Waals surface area contributed by atoms with Crippen LogP contribution in [0.5, 0.6) is 0 Å². The summed E-state index contributed by atoms with van der Waals surface area (Å²) in [5, 5.41) is 2.84. The quantitative estimate of drug-likeness (QED) is 0.885. The van der Waals surface area contributed by atoms with E-state index in [2.05, 4.69) is 5.32 Å². The molecule has 0 radical (unpaired) electrons. The van der Waals surface area contributed by atoms with E-state index in [1.54, 1.807) is 0 Å². The minimum absolute atomic E-state index is 0.0384. The summed E-state index contributed by atoms with van der Waals surface area (Å²) in [5.74, 6) is -0.567. The van der Waals surface area contributed by atoms with E-state index in [1.165, 1.54) is 19.3 Å². The first-order valence-electron chi connectivity index (χ1n) is 8.74. The van der Waals surface area contributed by atoms with E-state index in [4.69, 9.17) is 4.74 Å². The zero-order valence-electron chi connectivity index (χ0n) is 13.9. The molecule has 1 aliphatic carbocycles. The van der Waals surface area contributed by atoms with Crippen molar-refractivity contribution in [3.05, 3.63) is 29.8 Å². The SMILES string of the molecule is O=C(Nc1cccc(COC2CCCCC2)c1)C1CCS(=O)(=O)C1. The van der Waals surface area contributed by atoms with Gasteiger partial charge in [-0.2, -0.15) is 0 Å². The molecule has 1 N–H and O–H groups in total. The van der Waals surface area contributed by atoms with Crippen molar-refractivity contribution < 1.29 is 17.9 Å². The van der Waals surface area contributed by atoms with Gasteiger partial charge >= 0.3 is 0 Å². The van der Waals surface area contributed by atoms with Crippen molar-refractivity contribution in [2.24, 2.45) is 5.92 Å². The molecule has 1 atom stereocenters. The summed E-state index contributed by atoms with van der Waals surface area (Å²) in [6, 6.07) is 7.61. The van der Waals surface area contributed by atoms with Crippen LogP contribution in [0.3, 0.4) is 0 Å². The maximum Gasteiger partial charge on any atom is 0.228 e. The summed E-state index contributed by atoms with van der Waals surface area (Å²) in [4.78, 5) is 12.2. The molecular formula is C18H25NO4S. The number of nitrogens with one attached hydrogen (secondary N) is 1. The molecule has 132 valence electrons. The predicted molar refractivity (Wildman–Crippen MR) is 93.5 cm³/mol. The summed E-state index contributed by atoms with van der Waals surface area (Å²) >= 11 is 0. The van der Waals surface area contributed by atoms with E-state index in [0.717, 1.165) is 18.4 Å². The van der Waals surface area contributed by atoms with E-state index in [0.29, 0.717) is 24.8 Å². The Morgan fingerprint density at radius 2 is 1.96 bits per heavy atom. The first-order chi connectivity index (χ1) is 11.5. The topological polar surface area (TPSA) is 72.5 Å². The highest BCUT2D eigenvalue weighted by molar-refractivity contribution is 7.91. The fraction of sp³-hybridized carbons (Fsp3) is 0.611. The van der Waals surface area contributed by atoms with Crippen LogP contribution in [0.4, 0.5) is 5.69 Å². The molecule has 1 aliphatic heterocycles. The molecule has 0 spiro atoms. The van der Waals surface area contributed by atoms with Gasteiger partial charge in [-0.3, -0.25) is 4.79 Å². The Morgan fingerprint density at radius 3 is 2.67 bits per heavy atom. The van der Waals surface area contributed by atoms with Gasteiger partial charge in [-0.05, 0) is 37.0 Å². The highest BCUT2D eigenvalue weighted by Gasteiger charge is 2.32. The van der Waals surface area contributed by atoms with Gasteiger partial charge < -0.3 is 10.1 Å². The maximum atomic E-state index is 12.2. The van der Waals surface area contributed by atoms with Crippen LogP contribution in [-0.2, 0) is 26.0 Å². The molecular weight excluding hydrogens is 326 g/mol. The molecule has 1 amide bonds. The predicted octanol–water partition coefficient (Wildman–Crippen LogP) is 2.91. The number of anilines is 1. The number of amides is 1. The first kappa shape index (κ1) is 17.4. The highest BCUT2D eigenvalue weighted by Crippen LogP contribution is 2.23. The van der Waals surface area contributed by atoms with Crippen LogP contribution in [0.25, 0.3) is 0 Å². The van der Waals surface area contributed by atoms with Crippen molar-refractivity contribution >= 4 is 21.4 Å². The minimum Gasteiger partial charge on any atom is -0.374 e. The third-order valence-electron chi connectivity index (χ3n) is 4.84. The fourth-order valence-corrected chi connectivity index (χ4v) is 5.17. The van der Waals surface area contributed by atoms with Gasteiger partial charge in [-0.15, -0.1) is 0 Å². The molecule has 1 heterocycles. The number of hydrogen-bond donors (Lipinski definition) is 1. The molecule has 5 nitrogen and oxygen atoms in total. The molecule has 0 aromatic heterocycles. The Morgan fingerprint density at radius 1 is 1.17 bits per heavy atom. The molecule has 2 fully saturated rings. The number of sulfone groups is 1. The summed E-state index contributed by atoms with van der Waals surface area (Å²) in [6.07, 6.45) is 6.81. The van der Waals surface area contributed by atoms with Gasteiger partial charge in [0.2, 0.25) is 5.91 Å². The number of carbonyl (C=O) groups excluding carboxylic acids is 1. The number of carbonyl (C=O) groups is 1. The monoisotopic (exact) mass is 351 g/mol. The Labute approximate surface area is 143 Å². The Hall–Kier alpha value is -1.40.